The Morgan fingerprint density at radius 2 is 1.84 bits per heavy atom. The van der Waals surface area contributed by atoms with E-state index in [1.165, 1.54) is 26.0 Å². The second-order valence-corrected chi connectivity index (χ2v) is 4.47. The lowest BCUT2D eigenvalue weighted by atomic mass is 9.83. The summed E-state index contributed by atoms with van der Waals surface area (Å²) in [6.45, 7) is 2.68. The molecule has 0 saturated carbocycles. The smallest absolute Gasteiger partial charge is 0.416 e. The van der Waals surface area contributed by atoms with Crippen molar-refractivity contribution < 1.29 is 27.8 Å². The fraction of sp³-hybridized carbons (Fsp3) is 0.462. The fourth-order valence-electron chi connectivity index (χ4n) is 1.67. The minimum Gasteiger partial charge on any atom is -0.469 e. The van der Waals surface area contributed by atoms with Crippen molar-refractivity contribution in [2.75, 3.05) is 7.11 Å². The molecule has 0 amide bonds. The average molecular weight is 276 g/mol. The van der Waals surface area contributed by atoms with Gasteiger partial charge in [-0.1, -0.05) is 12.1 Å². The lowest BCUT2D eigenvalue weighted by Crippen LogP contribution is -2.36. The molecule has 0 aliphatic heterocycles. The first-order chi connectivity index (χ1) is 8.60. The Labute approximate surface area is 109 Å². The summed E-state index contributed by atoms with van der Waals surface area (Å²) >= 11 is 0. The Balaban J connectivity index is 3.18. The summed E-state index contributed by atoms with van der Waals surface area (Å²) in [5.74, 6) is -1.68. The van der Waals surface area contributed by atoms with E-state index in [2.05, 4.69) is 4.74 Å². The predicted molar refractivity (Wildman–Crippen MR) is 62.2 cm³/mol. The normalized spacial score (nSPS) is 16.6. The van der Waals surface area contributed by atoms with Gasteiger partial charge in [0.05, 0.1) is 24.2 Å². The zero-order chi connectivity index (χ0) is 14.8. The first kappa shape index (κ1) is 15.5. The molecule has 0 aliphatic rings. The van der Waals surface area contributed by atoms with Crippen molar-refractivity contribution in [1.29, 1.82) is 0 Å². The minimum absolute atomic E-state index is 0.0141. The molecule has 0 aromatic heterocycles. The first-order valence-electron chi connectivity index (χ1n) is 5.58. The van der Waals surface area contributed by atoms with Gasteiger partial charge in [0.1, 0.15) is 0 Å². The highest BCUT2D eigenvalue weighted by molar-refractivity contribution is 5.73. The number of aliphatic hydroxyl groups is 1. The maximum absolute atomic E-state index is 12.6. The molecule has 2 atom stereocenters. The van der Waals surface area contributed by atoms with E-state index in [-0.39, 0.29) is 5.56 Å². The average Bonchev–Trinajstić information content (AvgIpc) is 2.36. The summed E-state index contributed by atoms with van der Waals surface area (Å²) in [5, 5.41) is 10.3. The van der Waals surface area contributed by atoms with Crippen LogP contribution in [0.1, 0.15) is 25.0 Å². The molecule has 0 aliphatic carbocycles. The lowest BCUT2D eigenvalue weighted by molar-refractivity contribution is -0.154. The molecule has 0 fully saturated rings. The van der Waals surface area contributed by atoms with Crippen molar-refractivity contribution in [3.63, 3.8) is 0 Å². The minimum atomic E-state index is -4.50. The molecule has 1 rings (SSSR count). The molecule has 3 nitrogen and oxygen atoms in total. The van der Waals surface area contributed by atoms with Crippen molar-refractivity contribution >= 4 is 5.97 Å². The third-order valence-electron chi connectivity index (χ3n) is 3.17. The number of hydrogen-bond acceptors (Lipinski definition) is 3. The number of benzene rings is 1. The molecule has 0 saturated heterocycles. The predicted octanol–water partition coefficient (Wildman–Crippen LogP) is 2.72. The summed E-state index contributed by atoms with van der Waals surface area (Å²) in [5.41, 5.74) is -2.60. The van der Waals surface area contributed by atoms with Gasteiger partial charge in [-0.2, -0.15) is 13.2 Å². The van der Waals surface area contributed by atoms with Gasteiger partial charge in [-0.15, -0.1) is 0 Å². The molecule has 2 unspecified atom stereocenters. The molecule has 0 heterocycles. The van der Waals surface area contributed by atoms with Gasteiger partial charge in [-0.3, -0.25) is 4.79 Å². The molecule has 0 bridgehead atoms. The van der Waals surface area contributed by atoms with Crippen LogP contribution < -0.4 is 0 Å². The highest BCUT2D eigenvalue weighted by Crippen LogP contribution is 2.35. The van der Waals surface area contributed by atoms with Crippen molar-refractivity contribution in [1.82, 2.24) is 0 Å². The van der Waals surface area contributed by atoms with Crippen molar-refractivity contribution in [3.05, 3.63) is 35.4 Å². The molecule has 6 heteroatoms. The van der Waals surface area contributed by atoms with Gasteiger partial charge >= 0.3 is 12.1 Å². The molecule has 1 aromatic carbocycles. The SMILES string of the molecule is COC(=O)C(C)C(C)(O)c1cccc(C(F)(F)F)c1. The zero-order valence-corrected chi connectivity index (χ0v) is 10.8. The largest absolute Gasteiger partial charge is 0.469 e. The Kier molecular flexibility index (Phi) is 4.25. The van der Waals surface area contributed by atoms with Gasteiger partial charge in [-0.25, -0.2) is 0 Å². The number of carbonyl (C=O) groups is 1. The van der Waals surface area contributed by atoms with Crippen LogP contribution >= 0.6 is 0 Å². The van der Waals surface area contributed by atoms with Gasteiger partial charge in [-0.05, 0) is 31.5 Å². The summed E-state index contributed by atoms with van der Waals surface area (Å²) in [7, 11) is 1.15. The van der Waals surface area contributed by atoms with Crippen LogP contribution in [-0.2, 0) is 21.3 Å². The summed E-state index contributed by atoms with van der Waals surface area (Å²) in [6.07, 6.45) is -4.50. The van der Waals surface area contributed by atoms with Crippen LogP contribution in [0.5, 0.6) is 0 Å². The van der Waals surface area contributed by atoms with Crippen LogP contribution in [0.4, 0.5) is 13.2 Å². The van der Waals surface area contributed by atoms with Crippen LogP contribution in [-0.4, -0.2) is 18.2 Å². The van der Waals surface area contributed by atoms with Crippen LogP contribution in [0, 0.1) is 5.92 Å². The number of esters is 1. The molecular formula is C13H15F3O3. The number of alkyl halides is 3. The maximum atomic E-state index is 12.6. The Morgan fingerprint density at radius 3 is 2.32 bits per heavy atom. The number of ether oxygens (including phenoxy) is 1. The summed E-state index contributed by atoms with van der Waals surface area (Å²) in [4.78, 5) is 11.4. The third-order valence-corrected chi connectivity index (χ3v) is 3.17. The van der Waals surface area contributed by atoms with E-state index in [0.29, 0.717) is 0 Å². The summed E-state index contributed by atoms with van der Waals surface area (Å²) < 4.78 is 42.3. The first-order valence-corrected chi connectivity index (χ1v) is 5.58. The van der Waals surface area contributed by atoms with Gasteiger partial charge in [0, 0.05) is 0 Å². The van der Waals surface area contributed by atoms with E-state index >= 15 is 0 Å². The monoisotopic (exact) mass is 276 g/mol. The zero-order valence-electron chi connectivity index (χ0n) is 10.8. The number of hydrogen-bond donors (Lipinski definition) is 1. The fourth-order valence-corrected chi connectivity index (χ4v) is 1.67. The Morgan fingerprint density at radius 1 is 1.32 bits per heavy atom. The van der Waals surface area contributed by atoms with E-state index in [1.807, 2.05) is 0 Å². The van der Waals surface area contributed by atoms with Crippen LogP contribution in [0.3, 0.4) is 0 Å². The van der Waals surface area contributed by atoms with Gasteiger partial charge in [0.25, 0.3) is 0 Å². The summed E-state index contributed by atoms with van der Waals surface area (Å²) in [6, 6.07) is 4.27. The van der Waals surface area contributed by atoms with E-state index < -0.39 is 29.2 Å². The number of halogens is 3. The van der Waals surface area contributed by atoms with Crippen molar-refractivity contribution in [2.24, 2.45) is 5.92 Å². The topological polar surface area (TPSA) is 46.5 Å². The molecule has 1 N–H and O–H groups in total. The Bertz CT molecular complexity index is 466. The molecule has 19 heavy (non-hydrogen) atoms. The lowest BCUT2D eigenvalue weighted by Gasteiger charge is -2.29. The van der Waals surface area contributed by atoms with Gasteiger partial charge in [0.2, 0.25) is 0 Å². The highest BCUT2D eigenvalue weighted by atomic mass is 19.4. The highest BCUT2D eigenvalue weighted by Gasteiger charge is 2.38. The second kappa shape index (κ2) is 5.21. The quantitative estimate of drug-likeness (QED) is 0.863. The van der Waals surface area contributed by atoms with E-state index in [9.17, 15) is 23.1 Å². The number of carbonyl (C=O) groups excluding carboxylic acids is 1. The molecule has 106 valence electrons. The van der Waals surface area contributed by atoms with Gasteiger partial charge in [0.15, 0.2) is 0 Å². The van der Waals surface area contributed by atoms with Crippen molar-refractivity contribution in [3.8, 4) is 0 Å². The standard InChI is InChI=1S/C13H15F3O3/c1-8(11(17)19-3)12(2,18)9-5-4-6-10(7-9)13(14,15)16/h4-8,18H,1-3H3. The van der Waals surface area contributed by atoms with Crippen LogP contribution in [0.15, 0.2) is 24.3 Å². The van der Waals surface area contributed by atoms with E-state index in [1.54, 1.807) is 0 Å². The van der Waals surface area contributed by atoms with Crippen molar-refractivity contribution in [2.45, 2.75) is 25.6 Å². The molecule has 0 radical (unpaired) electrons. The van der Waals surface area contributed by atoms with Crippen LogP contribution in [0.2, 0.25) is 0 Å². The second-order valence-electron chi connectivity index (χ2n) is 4.47. The van der Waals surface area contributed by atoms with Gasteiger partial charge < -0.3 is 9.84 Å². The molecule has 0 spiro atoms. The number of rotatable bonds is 3. The Hall–Kier alpha value is -1.56. The molecule has 1 aromatic rings. The third kappa shape index (κ3) is 3.26. The van der Waals surface area contributed by atoms with E-state index in [0.717, 1.165) is 19.2 Å². The van der Waals surface area contributed by atoms with E-state index in [4.69, 9.17) is 0 Å². The van der Waals surface area contributed by atoms with Crippen LogP contribution in [0.25, 0.3) is 0 Å². The number of methoxy groups -OCH3 is 1. The molecular weight excluding hydrogens is 261 g/mol. The maximum Gasteiger partial charge on any atom is 0.416 e.